The van der Waals surface area contributed by atoms with Gasteiger partial charge in [0.25, 0.3) is 0 Å². The maximum atomic E-state index is 13.8. The van der Waals surface area contributed by atoms with Crippen molar-refractivity contribution in [1.82, 2.24) is 10.9 Å². The molecule has 2 N–H and O–H groups in total. The zero-order valence-electron chi connectivity index (χ0n) is 20.7. The van der Waals surface area contributed by atoms with Crippen LogP contribution < -0.4 is 20.5 Å². The fraction of sp³-hybridized carbons (Fsp3) is 0.310. The molecule has 2 heterocycles. The van der Waals surface area contributed by atoms with Crippen LogP contribution in [0.4, 0.5) is 5.69 Å². The van der Waals surface area contributed by atoms with Crippen LogP contribution in [0.15, 0.2) is 72.8 Å². The lowest BCUT2D eigenvalue weighted by molar-refractivity contribution is -0.119. The molecule has 7 heteroatoms. The predicted molar refractivity (Wildman–Crippen MR) is 138 cm³/mol. The van der Waals surface area contributed by atoms with E-state index >= 15 is 0 Å². The Bertz CT molecular complexity index is 1220. The largest absolute Gasteiger partial charge is 0.494 e. The Balaban J connectivity index is 1.53. The molecule has 7 nitrogen and oxygen atoms in total. The van der Waals surface area contributed by atoms with Crippen molar-refractivity contribution in [3.63, 3.8) is 0 Å². The SMILES string of the molecule is CCOC(=O)c1ccc(N2C(=O)C3NNC(c4ccc(OCC)cc4)C3C2c2ccc(C)cc2)cc1. The molecule has 0 radical (unpaired) electrons. The zero-order valence-corrected chi connectivity index (χ0v) is 20.7. The molecule has 2 fully saturated rings. The summed E-state index contributed by atoms with van der Waals surface area (Å²) in [6, 6.07) is 22.8. The van der Waals surface area contributed by atoms with Gasteiger partial charge in [0, 0.05) is 11.6 Å². The molecule has 0 aliphatic carbocycles. The molecule has 0 saturated carbocycles. The third-order valence-corrected chi connectivity index (χ3v) is 6.94. The second kappa shape index (κ2) is 10.1. The van der Waals surface area contributed by atoms with Crippen LogP contribution in [0.1, 0.15) is 53.0 Å². The van der Waals surface area contributed by atoms with Crippen molar-refractivity contribution in [2.75, 3.05) is 18.1 Å². The number of rotatable bonds is 7. The van der Waals surface area contributed by atoms with Crippen molar-refractivity contribution in [2.45, 2.75) is 38.9 Å². The second-order valence-electron chi connectivity index (χ2n) is 9.15. The van der Waals surface area contributed by atoms with Crippen LogP contribution in [0.25, 0.3) is 0 Å². The molecular formula is C29H31N3O4. The fourth-order valence-electron chi connectivity index (χ4n) is 5.25. The van der Waals surface area contributed by atoms with Gasteiger partial charge in [-0.1, -0.05) is 42.0 Å². The highest BCUT2D eigenvalue weighted by molar-refractivity contribution is 6.02. The number of benzene rings is 3. The highest BCUT2D eigenvalue weighted by Crippen LogP contribution is 2.49. The summed E-state index contributed by atoms with van der Waals surface area (Å²) < 4.78 is 10.7. The molecular weight excluding hydrogens is 454 g/mol. The summed E-state index contributed by atoms with van der Waals surface area (Å²) in [5.74, 6) is 0.396. The molecule has 2 aliphatic heterocycles. The van der Waals surface area contributed by atoms with E-state index in [4.69, 9.17) is 9.47 Å². The van der Waals surface area contributed by atoms with E-state index in [0.29, 0.717) is 18.8 Å². The molecule has 3 aromatic rings. The first kappa shape index (κ1) is 24.0. The predicted octanol–water partition coefficient (Wildman–Crippen LogP) is 4.49. The van der Waals surface area contributed by atoms with Crippen molar-refractivity contribution in [3.8, 4) is 5.75 Å². The molecule has 5 rings (SSSR count). The van der Waals surface area contributed by atoms with Gasteiger partial charge in [-0.05, 0) is 68.3 Å². The number of nitrogens with one attached hydrogen (secondary N) is 2. The van der Waals surface area contributed by atoms with Crippen LogP contribution in [-0.4, -0.2) is 31.1 Å². The number of fused-ring (bicyclic) bond motifs is 1. The van der Waals surface area contributed by atoms with Gasteiger partial charge in [-0.25, -0.2) is 15.6 Å². The van der Waals surface area contributed by atoms with Gasteiger partial charge in [0.2, 0.25) is 5.91 Å². The highest BCUT2D eigenvalue weighted by Gasteiger charge is 2.55. The Kier molecular flexibility index (Phi) is 6.76. The number of carbonyl (C=O) groups is 2. The summed E-state index contributed by atoms with van der Waals surface area (Å²) in [5.41, 5.74) is 11.2. The van der Waals surface area contributed by atoms with Crippen LogP contribution in [0.2, 0.25) is 0 Å². The lowest BCUT2D eigenvalue weighted by atomic mass is 9.83. The van der Waals surface area contributed by atoms with Gasteiger partial charge in [0.05, 0.1) is 30.9 Å². The lowest BCUT2D eigenvalue weighted by Gasteiger charge is -2.31. The third kappa shape index (κ3) is 4.36. The van der Waals surface area contributed by atoms with E-state index in [0.717, 1.165) is 28.1 Å². The Morgan fingerprint density at radius 3 is 2.11 bits per heavy atom. The summed E-state index contributed by atoms with van der Waals surface area (Å²) in [4.78, 5) is 27.8. The quantitative estimate of drug-likeness (QED) is 0.480. The van der Waals surface area contributed by atoms with Crippen molar-refractivity contribution >= 4 is 17.6 Å². The normalized spacial score (nSPS) is 23.0. The highest BCUT2D eigenvalue weighted by atomic mass is 16.5. The number of nitrogens with zero attached hydrogens (tertiary/aromatic N) is 1. The number of esters is 1. The molecule has 2 saturated heterocycles. The molecule has 0 spiro atoms. The van der Waals surface area contributed by atoms with Crippen molar-refractivity contribution in [1.29, 1.82) is 0 Å². The number of hydrazine groups is 1. The summed E-state index contributed by atoms with van der Waals surface area (Å²) in [6.07, 6.45) is 0. The Hall–Kier alpha value is -3.68. The van der Waals surface area contributed by atoms with E-state index < -0.39 is 6.04 Å². The minimum atomic E-state index is -0.391. The zero-order chi connectivity index (χ0) is 25.2. The first-order valence-electron chi connectivity index (χ1n) is 12.4. The van der Waals surface area contributed by atoms with E-state index in [1.54, 1.807) is 19.1 Å². The number of ether oxygens (including phenoxy) is 2. The van der Waals surface area contributed by atoms with Gasteiger partial charge in [-0.3, -0.25) is 4.79 Å². The van der Waals surface area contributed by atoms with E-state index in [1.807, 2.05) is 36.1 Å². The van der Waals surface area contributed by atoms with E-state index in [9.17, 15) is 9.59 Å². The van der Waals surface area contributed by atoms with Gasteiger partial charge >= 0.3 is 5.97 Å². The number of hydrogen-bond acceptors (Lipinski definition) is 6. The van der Waals surface area contributed by atoms with Crippen LogP contribution in [0, 0.1) is 12.8 Å². The number of carbonyl (C=O) groups excluding carboxylic acids is 2. The lowest BCUT2D eigenvalue weighted by Crippen LogP contribution is -2.41. The Morgan fingerprint density at radius 1 is 0.833 bits per heavy atom. The molecule has 1 amide bonds. The summed E-state index contributed by atoms with van der Waals surface area (Å²) >= 11 is 0. The standard InChI is InChI=1S/C29H31N3O4/c1-4-35-23-16-12-19(13-17-23)25-24-26(31-30-25)28(33)32(27(24)20-8-6-18(3)7-9-20)22-14-10-21(11-15-22)29(34)36-5-2/h6-17,24-27,30-31H,4-5H2,1-3H3. The summed E-state index contributed by atoms with van der Waals surface area (Å²) in [6.45, 7) is 6.73. The van der Waals surface area contributed by atoms with Gasteiger partial charge in [0.1, 0.15) is 11.8 Å². The number of amides is 1. The van der Waals surface area contributed by atoms with E-state index in [-0.39, 0.29) is 29.9 Å². The monoisotopic (exact) mass is 485 g/mol. The van der Waals surface area contributed by atoms with Gasteiger partial charge in [-0.2, -0.15) is 0 Å². The third-order valence-electron chi connectivity index (χ3n) is 6.94. The number of aryl methyl sites for hydroxylation is 1. The average molecular weight is 486 g/mol. The molecule has 3 aromatic carbocycles. The topological polar surface area (TPSA) is 79.9 Å². The van der Waals surface area contributed by atoms with Gasteiger partial charge in [-0.15, -0.1) is 0 Å². The first-order valence-corrected chi connectivity index (χ1v) is 12.4. The molecule has 0 aromatic heterocycles. The van der Waals surface area contributed by atoms with E-state index in [1.165, 1.54) is 0 Å². The van der Waals surface area contributed by atoms with E-state index in [2.05, 4.69) is 54.2 Å². The molecule has 4 unspecified atom stereocenters. The van der Waals surface area contributed by atoms with Gasteiger partial charge in [0.15, 0.2) is 0 Å². The Morgan fingerprint density at radius 2 is 1.47 bits per heavy atom. The maximum Gasteiger partial charge on any atom is 0.338 e. The van der Waals surface area contributed by atoms with Crippen LogP contribution in [0.3, 0.4) is 0 Å². The minimum absolute atomic E-state index is 0.00426. The van der Waals surface area contributed by atoms with Crippen molar-refractivity contribution in [2.24, 2.45) is 5.92 Å². The summed E-state index contributed by atoms with van der Waals surface area (Å²) in [5, 5.41) is 0. The molecule has 4 atom stereocenters. The number of anilines is 1. The smallest absolute Gasteiger partial charge is 0.338 e. The Labute approximate surface area is 211 Å². The fourth-order valence-corrected chi connectivity index (χ4v) is 5.25. The van der Waals surface area contributed by atoms with Gasteiger partial charge < -0.3 is 14.4 Å². The van der Waals surface area contributed by atoms with Crippen LogP contribution in [0.5, 0.6) is 5.75 Å². The minimum Gasteiger partial charge on any atom is -0.494 e. The summed E-state index contributed by atoms with van der Waals surface area (Å²) in [7, 11) is 0. The molecule has 2 aliphatic rings. The first-order chi connectivity index (χ1) is 17.5. The van der Waals surface area contributed by atoms with Crippen LogP contribution >= 0.6 is 0 Å². The number of hydrogen-bond donors (Lipinski definition) is 2. The second-order valence-corrected chi connectivity index (χ2v) is 9.15. The van der Waals surface area contributed by atoms with Crippen molar-refractivity contribution < 1.29 is 19.1 Å². The maximum absolute atomic E-state index is 13.8. The van der Waals surface area contributed by atoms with Crippen molar-refractivity contribution in [3.05, 3.63) is 95.1 Å². The molecule has 186 valence electrons. The average Bonchev–Trinajstić information content (AvgIpc) is 3.44. The molecule has 0 bridgehead atoms. The molecule has 36 heavy (non-hydrogen) atoms. The van der Waals surface area contributed by atoms with Crippen LogP contribution in [-0.2, 0) is 9.53 Å².